The first-order valence-electron chi connectivity index (χ1n) is 6.50. The van der Waals surface area contributed by atoms with Crippen LogP contribution in [0.4, 0.5) is 0 Å². The van der Waals surface area contributed by atoms with Gasteiger partial charge in [0.05, 0.1) is 18.8 Å². The number of hydrogen-bond acceptors (Lipinski definition) is 4. The summed E-state index contributed by atoms with van der Waals surface area (Å²) in [5.41, 5.74) is 2.29. The number of pyridine rings is 1. The Morgan fingerprint density at radius 1 is 1.24 bits per heavy atom. The molecule has 0 aliphatic rings. The summed E-state index contributed by atoms with van der Waals surface area (Å²) in [6.45, 7) is 0. The normalized spacial score (nSPS) is 10.7. The van der Waals surface area contributed by atoms with Crippen molar-refractivity contribution in [2.24, 2.45) is 0 Å². The first-order chi connectivity index (χ1) is 10.2. The van der Waals surface area contributed by atoms with Crippen molar-refractivity contribution in [1.29, 1.82) is 0 Å². The SMILES string of the molecule is COC(=O)c1cccc2cnc(Cc3ccc(O)cc3)n12. The molecule has 0 spiro atoms. The van der Waals surface area contributed by atoms with Gasteiger partial charge in [0.1, 0.15) is 17.3 Å². The smallest absolute Gasteiger partial charge is 0.355 e. The molecule has 2 aromatic heterocycles. The molecule has 106 valence electrons. The third-order valence-electron chi connectivity index (χ3n) is 3.32. The van der Waals surface area contributed by atoms with E-state index in [0.717, 1.165) is 16.9 Å². The molecule has 3 rings (SSSR count). The van der Waals surface area contributed by atoms with Gasteiger partial charge in [-0.15, -0.1) is 0 Å². The summed E-state index contributed by atoms with van der Waals surface area (Å²) < 4.78 is 6.60. The van der Waals surface area contributed by atoms with Gasteiger partial charge < -0.3 is 9.84 Å². The summed E-state index contributed by atoms with van der Waals surface area (Å²) in [5, 5.41) is 9.32. The Labute approximate surface area is 121 Å². The van der Waals surface area contributed by atoms with Gasteiger partial charge in [0.2, 0.25) is 0 Å². The fraction of sp³-hybridized carbons (Fsp3) is 0.125. The van der Waals surface area contributed by atoms with Crippen LogP contribution in [0.15, 0.2) is 48.7 Å². The van der Waals surface area contributed by atoms with Gasteiger partial charge in [-0.25, -0.2) is 9.78 Å². The number of imidazole rings is 1. The van der Waals surface area contributed by atoms with E-state index < -0.39 is 5.97 Å². The van der Waals surface area contributed by atoms with Crippen molar-refractivity contribution in [2.45, 2.75) is 6.42 Å². The van der Waals surface area contributed by atoms with E-state index in [1.54, 1.807) is 34.9 Å². The molecule has 1 N–H and O–H groups in total. The summed E-state index contributed by atoms with van der Waals surface area (Å²) in [6, 6.07) is 12.3. The molecular weight excluding hydrogens is 268 g/mol. The van der Waals surface area contributed by atoms with Crippen LogP contribution in [0.25, 0.3) is 5.52 Å². The Morgan fingerprint density at radius 3 is 2.71 bits per heavy atom. The highest BCUT2D eigenvalue weighted by atomic mass is 16.5. The minimum absolute atomic E-state index is 0.224. The van der Waals surface area contributed by atoms with Crippen LogP contribution in [0.3, 0.4) is 0 Å². The lowest BCUT2D eigenvalue weighted by Crippen LogP contribution is -2.10. The standard InChI is InChI=1S/C16H14N2O3/c1-21-16(20)14-4-2-3-12-10-17-15(18(12)14)9-11-5-7-13(19)8-6-11/h2-8,10,19H,9H2,1H3. The quantitative estimate of drug-likeness (QED) is 0.749. The second-order valence-corrected chi connectivity index (χ2v) is 4.68. The van der Waals surface area contributed by atoms with E-state index in [0.29, 0.717) is 12.1 Å². The lowest BCUT2D eigenvalue weighted by Gasteiger charge is -2.07. The highest BCUT2D eigenvalue weighted by molar-refractivity contribution is 5.88. The minimum Gasteiger partial charge on any atom is -0.508 e. The van der Waals surface area contributed by atoms with E-state index in [1.165, 1.54) is 7.11 Å². The number of nitrogens with zero attached hydrogens (tertiary/aromatic N) is 2. The summed E-state index contributed by atoms with van der Waals surface area (Å²) in [6.07, 6.45) is 2.28. The number of carbonyl (C=O) groups is 1. The Balaban J connectivity index is 2.06. The monoisotopic (exact) mass is 282 g/mol. The predicted molar refractivity (Wildman–Crippen MR) is 77.4 cm³/mol. The average molecular weight is 282 g/mol. The van der Waals surface area contributed by atoms with Crippen LogP contribution in [-0.4, -0.2) is 27.6 Å². The van der Waals surface area contributed by atoms with Crippen LogP contribution in [-0.2, 0) is 11.2 Å². The molecule has 0 aliphatic heterocycles. The molecule has 0 unspecified atom stereocenters. The van der Waals surface area contributed by atoms with Crippen molar-refractivity contribution < 1.29 is 14.6 Å². The minimum atomic E-state index is -0.398. The number of esters is 1. The topological polar surface area (TPSA) is 63.8 Å². The highest BCUT2D eigenvalue weighted by Crippen LogP contribution is 2.17. The van der Waals surface area contributed by atoms with Gasteiger partial charge in [-0.3, -0.25) is 4.40 Å². The summed E-state index contributed by atoms with van der Waals surface area (Å²) in [5.74, 6) is 0.573. The third kappa shape index (κ3) is 2.45. The van der Waals surface area contributed by atoms with Gasteiger partial charge >= 0.3 is 5.97 Å². The molecule has 0 amide bonds. The lowest BCUT2D eigenvalue weighted by atomic mass is 10.1. The van der Waals surface area contributed by atoms with Crippen LogP contribution in [0.5, 0.6) is 5.75 Å². The molecule has 5 nitrogen and oxygen atoms in total. The van der Waals surface area contributed by atoms with Crippen LogP contribution in [0, 0.1) is 0 Å². The van der Waals surface area contributed by atoms with E-state index in [2.05, 4.69) is 4.98 Å². The number of phenols is 1. The molecule has 0 saturated carbocycles. The average Bonchev–Trinajstić information content (AvgIpc) is 2.92. The number of carbonyl (C=O) groups excluding carboxylic acids is 1. The summed E-state index contributed by atoms with van der Waals surface area (Å²) in [7, 11) is 1.36. The molecule has 3 aromatic rings. The van der Waals surface area contributed by atoms with Crippen LogP contribution < -0.4 is 0 Å². The van der Waals surface area contributed by atoms with E-state index in [1.807, 2.05) is 18.2 Å². The highest BCUT2D eigenvalue weighted by Gasteiger charge is 2.14. The van der Waals surface area contributed by atoms with Crippen molar-refractivity contribution >= 4 is 11.5 Å². The second kappa shape index (κ2) is 5.28. The Hall–Kier alpha value is -2.82. The molecule has 2 heterocycles. The van der Waals surface area contributed by atoms with E-state index >= 15 is 0 Å². The molecule has 0 atom stereocenters. The van der Waals surface area contributed by atoms with Gasteiger partial charge in [0, 0.05) is 6.42 Å². The second-order valence-electron chi connectivity index (χ2n) is 4.68. The zero-order valence-electron chi connectivity index (χ0n) is 11.5. The fourth-order valence-corrected chi connectivity index (χ4v) is 2.30. The van der Waals surface area contributed by atoms with Crippen molar-refractivity contribution in [1.82, 2.24) is 9.38 Å². The van der Waals surface area contributed by atoms with Crippen molar-refractivity contribution in [3.05, 3.63) is 65.7 Å². The molecule has 0 bridgehead atoms. The van der Waals surface area contributed by atoms with Gasteiger partial charge in [-0.1, -0.05) is 18.2 Å². The summed E-state index contributed by atoms with van der Waals surface area (Å²) in [4.78, 5) is 16.3. The Bertz CT molecular complexity index is 791. The number of rotatable bonds is 3. The van der Waals surface area contributed by atoms with E-state index in [4.69, 9.17) is 4.74 Å². The number of methoxy groups -OCH3 is 1. The van der Waals surface area contributed by atoms with Gasteiger partial charge in [0.15, 0.2) is 0 Å². The van der Waals surface area contributed by atoms with Gasteiger partial charge in [-0.2, -0.15) is 0 Å². The number of benzene rings is 1. The Kier molecular flexibility index (Phi) is 3.31. The number of hydrogen-bond donors (Lipinski definition) is 1. The van der Waals surface area contributed by atoms with E-state index in [9.17, 15) is 9.90 Å². The van der Waals surface area contributed by atoms with Crippen molar-refractivity contribution in [2.75, 3.05) is 7.11 Å². The first kappa shape index (κ1) is 13.2. The van der Waals surface area contributed by atoms with Crippen LogP contribution in [0.1, 0.15) is 21.9 Å². The number of aromatic nitrogens is 2. The molecule has 0 fully saturated rings. The molecule has 1 aromatic carbocycles. The maximum atomic E-state index is 11.9. The number of aromatic hydroxyl groups is 1. The van der Waals surface area contributed by atoms with E-state index in [-0.39, 0.29) is 5.75 Å². The summed E-state index contributed by atoms with van der Waals surface area (Å²) >= 11 is 0. The van der Waals surface area contributed by atoms with Crippen LogP contribution >= 0.6 is 0 Å². The van der Waals surface area contributed by atoms with Crippen molar-refractivity contribution in [3.63, 3.8) is 0 Å². The third-order valence-corrected chi connectivity index (χ3v) is 3.32. The van der Waals surface area contributed by atoms with Crippen LogP contribution in [0.2, 0.25) is 0 Å². The number of phenolic OH excluding ortho intramolecular Hbond substituents is 1. The first-order valence-corrected chi connectivity index (χ1v) is 6.50. The molecule has 0 radical (unpaired) electrons. The molecule has 0 aliphatic carbocycles. The zero-order valence-corrected chi connectivity index (χ0v) is 11.5. The predicted octanol–water partition coefficient (Wildman–Crippen LogP) is 2.42. The van der Waals surface area contributed by atoms with Gasteiger partial charge in [-0.05, 0) is 29.8 Å². The number of ether oxygens (including phenoxy) is 1. The van der Waals surface area contributed by atoms with Gasteiger partial charge in [0.25, 0.3) is 0 Å². The molecule has 0 saturated heterocycles. The fourth-order valence-electron chi connectivity index (χ4n) is 2.30. The zero-order chi connectivity index (χ0) is 14.8. The molecular formula is C16H14N2O3. The largest absolute Gasteiger partial charge is 0.508 e. The lowest BCUT2D eigenvalue weighted by molar-refractivity contribution is 0.0592. The number of fused-ring (bicyclic) bond motifs is 1. The molecule has 21 heavy (non-hydrogen) atoms. The maximum absolute atomic E-state index is 11.9. The maximum Gasteiger partial charge on any atom is 0.355 e. The Morgan fingerprint density at radius 2 is 2.00 bits per heavy atom. The molecule has 5 heteroatoms. The van der Waals surface area contributed by atoms with Crippen molar-refractivity contribution in [3.8, 4) is 5.75 Å².